The molecule has 2 aliphatic carbocycles. The Labute approximate surface area is 121 Å². The van der Waals surface area contributed by atoms with Crippen molar-refractivity contribution in [3.63, 3.8) is 0 Å². The first-order chi connectivity index (χ1) is 10.3. The van der Waals surface area contributed by atoms with E-state index in [1.54, 1.807) is 6.33 Å². The molecule has 0 bridgehead atoms. The minimum absolute atomic E-state index is 0.0958. The average molecular weight is 286 g/mol. The van der Waals surface area contributed by atoms with Crippen molar-refractivity contribution in [3.8, 4) is 0 Å². The fourth-order valence-electron chi connectivity index (χ4n) is 2.90. The molecule has 7 heteroatoms. The van der Waals surface area contributed by atoms with Crippen molar-refractivity contribution in [2.45, 2.75) is 31.3 Å². The Morgan fingerprint density at radius 1 is 1.38 bits per heavy atom. The van der Waals surface area contributed by atoms with Gasteiger partial charge in [0.05, 0.1) is 12.9 Å². The molecule has 110 valence electrons. The van der Waals surface area contributed by atoms with Gasteiger partial charge in [0, 0.05) is 18.0 Å². The summed E-state index contributed by atoms with van der Waals surface area (Å²) in [5.41, 5.74) is 7.33. The number of allylic oxidation sites excluding steroid dienone is 1. The van der Waals surface area contributed by atoms with Crippen molar-refractivity contribution in [2.24, 2.45) is 5.92 Å². The molecule has 0 radical (unpaired) electrons. The number of nitrogens with zero attached hydrogens (tertiary/aromatic N) is 4. The Morgan fingerprint density at radius 2 is 2.24 bits per heavy atom. The molecule has 21 heavy (non-hydrogen) atoms. The van der Waals surface area contributed by atoms with Crippen molar-refractivity contribution in [2.75, 3.05) is 17.7 Å². The van der Waals surface area contributed by atoms with Crippen LogP contribution in [0.3, 0.4) is 0 Å². The lowest BCUT2D eigenvalue weighted by Gasteiger charge is -2.19. The minimum Gasteiger partial charge on any atom is -0.396 e. The zero-order valence-electron chi connectivity index (χ0n) is 11.6. The smallest absolute Gasteiger partial charge is 0.224 e. The summed E-state index contributed by atoms with van der Waals surface area (Å²) < 4.78 is 2.01. The zero-order chi connectivity index (χ0) is 14.4. The Kier molecular flexibility index (Phi) is 2.81. The highest BCUT2D eigenvalue weighted by Gasteiger charge is 2.28. The van der Waals surface area contributed by atoms with Crippen LogP contribution in [-0.2, 0) is 0 Å². The van der Waals surface area contributed by atoms with Crippen molar-refractivity contribution >= 4 is 22.9 Å². The third kappa shape index (κ3) is 2.13. The molecule has 2 atom stereocenters. The predicted molar refractivity (Wildman–Crippen MR) is 79.7 cm³/mol. The molecule has 2 aromatic heterocycles. The van der Waals surface area contributed by atoms with Gasteiger partial charge in [0.25, 0.3) is 0 Å². The number of nitrogens with one attached hydrogen (secondary N) is 1. The fraction of sp³-hybridized carbons (Fsp3) is 0.500. The maximum Gasteiger partial charge on any atom is 0.224 e. The van der Waals surface area contributed by atoms with Crippen molar-refractivity contribution in [3.05, 3.63) is 18.5 Å². The quantitative estimate of drug-likeness (QED) is 0.727. The van der Waals surface area contributed by atoms with Crippen LogP contribution in [-0.4, -0.2) is 37.3 Å². The number of hydrogen-bond donors (Lipinski definition) is 3. The second kappa shape index (κ2) is 4.70. The molecule has 0 spiro atoms. The summed E-state index contributed by atoms with van der Waals surface area (Å²) in [6.45, 7) is 0.120. The van der Waals surface area contributed by atoms with E-state index in [2.05, 4.69) is 26.3 Å². The lowest BCUT2D eigenvalue weighted by molar-refractivity contribution is 0.218. The van der Waals surface area contributed by atoms with E-state index < -0.39 is 0 Å². The molecule has 2 aliphatic rings. The van der Waals surface area contributed by atoms with E-state index in [-0.39, 0.29) is 24.5 Å². The summed E-state index contributed by atoms with van der Waals surface area (Å²) in [6, 6.07) is 0.620. The first-order valence-corrected chi connectivity index (χ1v) is 7.30. The molecule has 1 fully saturated rings. The zero-order valence-corrected chi connectivity index (χ0v) is 11.6. The number of imidazole rings is 1. The first-order valence-electron chi connectivity index (χ1n) is 7.30. The van der Waals surface area contributed by atoms with Gasteiger partial charge in [-0.1, -0.05) is 12.2 Å². The normalized spacial score (nSPS) is 24.8. The largest absolute Gasteiger partial charge is 0.396 e. The molecule has 1 saturated carbocycles. The van der Waals surface area contributed by atoms with Crippen LogP contribution >= 0.6 is 0 Å². The van der Waals surface area contributed by atoms with E-state index in [4.69, 9.17) is 5.73 Å². The number of nitrogens with two attached hydrogens (primary N) is 1. The Hall–Kier alpha value is -2.15. The standard InChI is InChI=1S/C14H18N6O/c15-14-18-12(17-9-4-5-9)11-13(19-14)20(7-16-11)10-3-1-2-8(10)6-21/h1-2,7-10,21H,3-6H2,(H3,15,17,18,19)/t8-,10?/m0/s1. The number of rotatable bonds is 4. The summed E-state index contributed by atoms with van der Waals surface area (Å²) in [6.07, 6.45) is 9.09. The second-order valence-electron chi connectivity index (χ2n) is 5.75. The van der Waals surface area contributed by atoms with Crippen molar-refractivity contribution in [1.29, 1.82) is 0 Å². The van der Waals surface area contributed by atoms with Gasteiger partial charge in [-0.2, -0.15) is 9.97 Å². The van der Waals surface area contributed by atoms with Crippen LogP contribution < -0.4 is 11.1 Å². The third-order valence-electron chi connectivity index (χ3n) is 4.18. The third-order valence-corrected chi connectivity index (χ3v) is 4.18. The SMILES string of the molecule is Nc1nc(NC2CC2)c2ncn(C3CC=C[C@H]3CO)c2n1. The molecular weight excluding hydrogens is 268 g/mol. The van der Waals surface area contributed by atoms with Gasteiger partial charge in [0.15, 0.2) is 17.0 Å². The monoisotopic (exact) mass is 286 g/mol. The highest BCUT2D eigenvalue weighted by atomic mass is 16.3. The molecule has 4 N–H and O–H groups in total. The van der Waals surface area contributed by atoms with Gasteiger partial charge in [0.1, 0.15) is 0 Å². The maximum absolute atomic E-state index is 9.49. The van der Waals surface area contributed by atoms with Crippen LogP contribution in [0.5, 0.6) is 0 Å². The molecule has 2 aromatic rings. The summed E-state index contributed by atoms with van der Waals surface area (Å²) >= 11 is 0. The predicted octanol–water partition coefficient (Wildman–Crippen LogP) is 1.09. The summed E-state index contributed by atoms with van der Waals surface area (Å²) in [5.74, 6) is 1.06. The number of aliphatic hydroxyl groups excluding tert-OH is 1. The number of aromatic nitrogens is 4. The molecular formula is C14H18N6O. The van der Waals surface area contributed by atoms with E-state index in [9.17, 15) is 5.11 Å². The van der Waals surface area contributed by atoms with Gasteiger partial charge in [-0.3, -0.25) is 0 Å². The van der Waals surface area contributed by atoms with E-state index in [0.29, 0.717) is 11.9 Å². The molecule has 0 aromatic carbocycles. The molecule has 4 rings (SSSR count). The van der Waals surface area contributed by atoms with Crippen LogP contribution in [0.15, 0.2) is 18.5 Å². The lowest BCUT2D eigenvalue weighted by atomic mass is 10.1. The average Bonchev–Trinajstić information content (AvgIpc) is 3.01. The van der Waals surface area contributed by atoms with Gasteiger partial charge < -0.3 is 20.7 Å². The van der Waals surface area contributed by atoms with Gasteiger partial charge in [0.2, 0.25) is 5.95 Å². The maximum atomic E-state index is 9.49. The van der Waals surface area contributed by atoms with Crippen LogP contribution in [0, 0.1) is 5.92 Å². The topological polar surface area (TPSA) is 102 Å². The van der Waals surface area contributed by atoms with Crippen LogP contribution in [0.2, 0.25) is 0 Å². The Balaban J connectivity index is 1.78. The number of nitrogen functional groups attached to an aromatic ring is 1. The van der Waals surface area contributed by atoms with Crippen molar-refractivity contribution in [1.82, 2.24) is 19.5 Å². The van der Waals surface area contributed by atoms with Gasteiger partial charge in [-0.25, -0.2) is 4.98 Å². The number of hydrogen-bond acceptors (Lipinski definition) is 6. The minimum atomic E-state index is 0.0958. The highest BCUT2D eigenvalue weighted by molar-refractivity contribution is 5.84. The molecule has 0 amide bonds. The lowest BCUT2D eigenvalue weighted by Crippen LogP contribution is -2.17. The number of fused-ring (bicyclic) bond motifs is 1. The Bertz CT molecular complexity index is 705. The second-order valence-corrected chi connectivity index (χ2v) is 5.75. The van der Waals surface area contributed by atoms with Crippen LogP contribution in [0.25, 0.3) is 11.2 Å². The van der Waals surface area contributed by atoms with Crippen LogP contribution in [0.1, 0.15) is 25.3 Å². The van der Waals surface area contributed by atoms with E-state index in [1.165, 1.54) is 0 Å². The highest BCUT2D eigenvalue weighted by Crippen LogP contribution is 2.34. The molecule has 1 unspecified atom stereocenters. The van der Waals surface area contributed by atoms with E-state index >= 15 is 0 Å². The Morgan fingerprint density at radius 3 is 3.00 bits per heavy atom. The number of aliphatic hydroxyl groups is 1. The first kappa shape index (κ1) is 12.6. The molecule has 7 nitrogen and oxygen atoms in total. The number of anilines is 2. The van der Waals surface area contributed by atoms with Gasteiger partial charge in [-0.05, 0) is 19.3 Å². The van der Waals surface area contributed by atoms with Crippen LogP contribution in [0.4, 0.5) is 11.8 Å². The van der Waals surface area contributed by atoms with Gasteiger partial charge in [-0.15, -0.1) is 0 Å². The van der Waals surface area contributed by atoms with Crippen molar-refractivity contribution < 1.29 is 5.11 Å². The van der Waals surface area contributed by atoms with E-state index in [0.717, 1.165) is 30.4 Å². The molecule has 2 heterocycles. The van der Waals surface area contributed by atoms with E-state index in [1.807, 2.05) is 10.6 Å². The summed E-state index contributed by atoms with van der Waals surface area (Å²) in [4.78, 5) is 13.1. The fourth-order valence-corrected chi connectivity index (χ4v) is 2.90. The summed E-state index contributed by atoms with van der Waals surface area (Å²) in [7, 11) is 0. The molecule has 0 aliphatic heterocycles. The summed E-state index contributed by atoms with van der Waals surface area (Å²) in [5, 5.41) is 12.8. The van der Waals surface area contributed by atoms with Gasteiger partial charge >= 0.3 is 0 Å². The molecule has 0 saturated heterocycles.